The van der Waals surface area contributed by atoms with Gasteiger partial charge in [0.15, 0.2) is 0 Å². The zero-order valence-electron chi connectivity index (χ0n) is 13.4. The minimum atomic E-state index is -0.451. The smallest absolute Gasteiger partial charge is 0.293 e. The average Bonchev–Trinajstić information content (AvgIpc) is 2.62. The van der Waals surface area contributed by atoms with E-state index in [1.54, 1.807) is 36.4 Å². The number of nitrogens with zero attached hydrogens (tertiary/aromatic N) is 2. The van der Waals surface area contributed by atoms with Crippen LogP contribution in [0.15, 0.2) is 42.5 Å². The number of carbonyl (C=O) groups excluding carboxylic acids is 1. The lowest BCUT2D eigenvalue weighted by molar-refractivity contribution is -0.384. The second-order valence-corrected chi connectivity index (χ2v) is 6.10. The molecule has 0 aromatic heterocycles. The van der Waals surface area contributed by atoms with Gasteiger partial charge in [-0.15, -0.1) is 0 Å². The van der Waals surface area contributed by atoms with E-state index in [0.29, 0.717) is 29.5 Å². The van der Waals surface area contributed by atoms with Crippen LogP contribution in [-0.4, -0.2) is 37.0 Å². The summed E-state index contributed by atoms with van der Waals surface area (Å²) in [5.74, 6) is -0.419. The Morgan fingerprint density at radius 1 is 1.20 bits per heavy atom. The molecule has 0 bridgehead atoms. The summed E-state index contributed by atoms with van der Waals surface area (Å²) >= 11 is 5.90. The first-order valence-corrected chi connectivity index (χ1v) is 8.23. The van der Waals surface area contributed by atoms with Crippen LogP contribution in [0.5, 0.6) is 0 Å². The van der Waals surface area contributed by atoms with E-state index < -0.39 is 10.8 Å². The molecule has 3 rings (SSSR count). The maximum absolute atomic E-state index is 12.4. The fourth-order valence-electron chi connectivity index (χ4n) is 2.75. The molecule has 8 heteroatoms. The van der Waals surface area contributed by atoms with Gasteiger partial charge in [0.2, 0.25) is 0 Å². The van der Waals surface area contributed by atoms with Gasteiger partial charge in [0.1, 0.15) is 5.69 Å². The number of nitro groups is 1. The Morgan fingerprint density at radius 2 is 1.96 bits per heavy atom. The number of hydrogen-bond donors (Lipinski definition) is 2. The topological polar surface area (TPSA) is 87.5 Å². The summed E-state index contributed by atoms with van der Waals surface area (Å²) in [5, 5.41) is 17.9. The maximum Gasteiger partial charge on any atom is 0.293 e. The number of rotatable bonds is 4. The number of nitrogens with one attached hydrogen (secondary N) is 2. The molecule has 0 atom stereocenters. The summed E-state index contributed by atoms with van der Waals surface area (Å²) in [6, 6.07) is 11.3. The van der Waals surface area contributed by atoms with Crippen LogP contribution < -0.4 is 15.5 Å². The third-order valence-corrected chi connectivity index (χ3v) is 4.21. The van der Waals surface area contributed by atoms with E-state index in [1.165, 1.54) is 6.07 Å². The largest absolute Gasteiger partial charge is 0.363 e. The molecule has 2 aromatic rings. The first kappa shape index (κ1) is 17.2. The molecule has 25 heavy (non-hydrogen) atoms. The molecule has 1 heterocycles. The Morgan fingerprint density at radius 3 is 2.64 bits per heavy atom. The van der Waals surface area contributed by atoms with Gasteiger partial charge in [-0.25, -0.2) is 0 Å². The second-order valence-electron chi connectivity index (χ2n) is 5.66. The first-order valence-electron chi connectivity index (χ1n) is 7.85. The minimum Gasteiger partial charge on any atom is -0.363 e. The van der Waals surface area contributed by atoms with E-state index in [9.17, 15) is 14.9 Å². The Balaban J connectivity index is 1.85. The minimum absolute atomic E-state index is 0.0688. The van der Waals surface area contributed by atoms with Gasteiger partial charge in [-0.3, -0.25) is 14.9 Å². The maximum atomic E-state index is 12.4. The molecule has 130 valence electrons. The second kappa shape index (κ2) is 7.50. The van der Waals surface area contributed by atoms with E-state index in [0.717, 1.165) is 13.1 Å². The molecule has 0 unspecified atom stereocenters. The highest BCUT2D eigenvalue weighted by atomic mass is 35.5. The lowest BCUT2D eigenvalue weighted by Gasteiger charge is -2.29. The van der Waals surface area contributed by atoms with Crippen molar-refractivity contribution in [1.82, 2.24) is 5.32 Å². The summed E-state index contributed by atoms with van der Waals surface area (Å²) in [4.78, 5) is 25.3. The highest BCUT2D eigenvalue weighted by molar-refractivity contribution is 6.31. The number of carbonyl (C=O) groups is 1. The summed E-state index contributed by atoms with van der Waals surface area (Å²) in [6.07, 6.45) is 0. The van der Waals surface area contributed by atoms with Crippen molar-refractivity contribution in [2.24, 2.45) is 0 Å². The van der Waals surface area contributed by atoms with Crippen molar-refractivity contribution in [1.29, 1.82) is 0 Å². The van der Waals surface area contributed by atoms with Crippen molar-refractivity contribution < 1.29 is 9.72 Å². The zero-order chi connectivity index (χ0) is 17.8. The molecule has 0 spiro atoms. The molecule has 1 aliphatic rings. The van der Waals surface area contributed by atoms with Gasteiger partial charge in [-0.05, 0) is 30.3 Å². The first-order chi connectivity index (χ1) is 12.0. The van der Waals surface area contributed by atoms with Gasteiger partial charge in [0, 0.05) is 48.5 Å². The highest BCUT2D eigenvalue weighted by Gasteiger charge is 2.23. The fourth-order valence-corrected chi connectivity index (χ4v) is 2.94. The lowest BCUT2D eigenvalue weighted by atomic mass is 10.1. The SMILES string of the molecule is O=C(Nc1cccc(Cl)c1)c1ccc(N2CCNCC2)c([N+](=O)[O-])c1. The summed E-state index contributed by atoms with van der Waals surface area (Å²) in [5.41, 5.74) is 1.23. The van der Waals surface area contributed by atoms with E-state index in [1.807, 2.05) is 4.90 Å². The van der Waals surface area contributed by atoms with E-state index in [-0.39, 0.29) is 11.3 Å². The van der Waals surface area contributed by atoms with Gasteiger partial charge >= 0.3 is 0 Å². The van der Waals surface area contributed by atoms with Crippen LogP contribution in [0, 0.1) is 10.1 Å². The normalized spacial score (nSPS) is 14.2. The highest BCUT2D eigenvalue weighted by Crippen LogP contribution is 2.30. The Hall–Kier alpha value is -2.64. The molecule has 1 amide bonds. The molecule has 1 saturated heterocycles. The zero-order valence-corrected chi connectivity index (χ0v) is 14.1. The predicted molar refractivity (Wildman–Crippen MR) is 97.6 cm³/mol. The summed E-state index contributed by atoms with van der Waals surface area (Å²) in [6.45, 7) is 2.92. The molecule has 0 radical (unpaired) electrons. The van der Waals surface area contributed by atoms with Gasteiger partial charge in [-0.2, -0.15) is 0 Å². The number of hydrogen-bond acceptors (Lipinski definition) is 5. The number of halogens is 1. The number of piperazine rings is 1. The van der Waals surface area contributed by atoms with Crippen molar-refractivity contribution in [3.05, 3.63) is 63.2 Å². The van der Waals surface area contributed by atoms with Crippen LogP contribution in [0.4, 0.5) is 17.1 Å². The van der Waals surface area contributed by atoms with E-state index >= 15 is 0 Å². The standard InChI is InChI=1S/C17H17ClN4O3/c18-13-2-1-3-14(11-13)20-17(23)12-4-5-15(16(10-12)22(24)25)21-8-6-19-7-9-21/h1-5,10-11,19H,6-9H2,(H,20,23). The molecular formula is C17H17ClN4O3. The molecule has 2 N–H and O–H groups in total. The Kier molecular flexibility index (Phi) is 5.16. The quantitative estimate of drug-likeness (QED) is 0.646. The van der Waals surface area contributed by atoms with Gasteiger partial charge in [0.05, 0.1) is 4.92 Å². The molecule has 2 aromatic carbocycles. The summed E-state index contributed by atoms with van der Waals surface area (Å²) in [7, 11) is 0. The average molecular weight is 361 g/mol. The van der Waals surface area contributed by atoms with Crippen LogP contribution in [-0.2, 0) is 0 Å². The lowest BCUT2D eigenvalue weighted by Crippen LogP contribution is -2.43. The van der Waals surface area contributed by atoms with Crippen molar-refractivity contribution in [3.8, 4) is 0 Å². The van der Waals surface area contributed by atoms with Crippen molar-refractivity contribution in [2.45, 2.75) is 0 Å². The van der Waals surface area contributed by atoms with Crippen molar-refractivity contribution in [3.63, 3.8) is 0 Å². The van der Waals surface area contributed by atoms with Crippen molar-refractivity contribution >= 4 is 34.6 Å². The Bertz CT molecular complexity index is 806. The number of anilines is 2. The molecular weight excluding hydrogens is 344 g/mol. The van der Waals surface area contributed by atoms with E-state index in [2.05, 4.69) is 10.6 Å². The number of benzene rings is 2. The monoisotopic (exact) mass is 360 g/mol. The van der Waals surface area contributed by atoms with Crippen LogP contribution in [0.1, 0.15) is 10.4 Å². The Labute approximate surface area is 149 Å². The van der Waals surface area contributed by atoms with Crippen LogP contribution in [0.25, 0.3) is 0 Å². The fraction of sp³-hybridized carbons (Fsp3) is 0.235. The molecule has 1 aliphatic heterocycles. The van der Waals surface area contributed by atoms with Crippen LogP contribution >= 0.6 is 11.6 Å². The molecule has 0 aliphatic carbocycles. The van der Waals surface area contributed by atoms with E-state index in [4.69, 9.17) is 11.6 Å². The molecule has 1 fully saturated rings. The van der Waals surface area contributed by atoms with Gasteiger partial charge < -0.3 is 15.5 Å². The van der Waals surface area contributed by atoms with Gasteiger partial charge in [0.25, 0.3) is 11.6 Å². The van der Waals surface area contributed by atoms with Gasteiger partial charge in [-0.1, -0.05) is 17.7 Å². The summed E-state index contributed by atoms with van der Waals surface area (Å²) < 4.78 is 0. The van der Waals surface area contributed by atoms with Crippen LogP contribution in [0.2, 0.25) is 5.02 Å². The number of nitro benzene ring substituents is 1. The van der Waals surface area contributed by atoms with Crippen molar-refractivity contribution in [2.75, 3.05) is 36.4 Å². The van der Waals surface area contributed by atoms with Crippen LogP contribution in [0.3, 0.4) is 0 Å². The molecule has 0 saturated carbocycles. The molecule has 7 nitrogen and oxygen atoms in total. The third-order valence-electron chi connectivity index (χ3n) is 3.97. The predicted octanol–water partition coefficient (Wildman–Crippen LogP) is 2.91. The number of amides is 1. The third kappa shape index (κ3) is 4.07.